The Labute approximate surface area is 133 Å². The molecule has 0 aromatic heterocycles. The van der Waals surface area contributed by atoms with Gasteiger partial charge in [-0.2, -0.15) is 0 Å². The summed E-state index contributed by atoms with van der Waals surface area (Å²) in [6, 6.07) is 2.57. The van der Waals surface area contributed by atoms with Crippen molar-refractivity contribution in [3.05, 3.63) is 27.7 Å². The van der Waals surface area contributed by atoms with Gasteiger partial charge >= 0.3 is 5.97 Å². The smallest absolute Gasteiger partial charge is 0.335 e. The number of nitrogens with one attached hydrogen (secondary N) is 1. The lowest BCUT2D eigenvalue weighted by atomic mass is 9.75. The van der Waals surface area contributed by atoms with Crippen LogP contribution in [0.4, 0.5) is 5.69 Å². The number of hydrogen-bond donors (Lipinski definition) is 2. The van der Waals surface area contributed by atoms with Crippen LogP contribution in [0, 0.1) is 5.41 Å². The predicted molar refractivity (Wildman–Crippen MR) is 83.2 cm³/mol. The third-order valence-electron chi connectivity index (χ3n) is 4.03. The van der Waals surface area contributed by atoms with E-state index in [1.807, 2.05) is 6.92 Å². The molecule has 1 aromatic rings. The molecule has 0 aliphatic heterocycles. The minimum absolute atomic E-state index is 0.00752. The second-order valence-electron chi connectivity index (χ2n) is 5.70. The average Bonchev–Trinajstić information content (AvgIpc) is 2.43. The van der Waals surface area contributed by atoms with Gasteiger partial charge in [0.1, 0.15) is 0 Å². The Hall–Kier alpha value is -1.26. The molecule has 1 fully saturated rings. The molecule has 4 nitrogen and oxygen atoms in total. The Balaban J connectivity index is 2.23. The molecule has 0 heterocycles. The van der Waals surface area contributed by atoms with E-state index in [0.29, 0.717) is 0 Å². The van der Waals surface area contributed by atoms with Gasteiger partial charge in [0.05, 0.1) is 21.3 Å². The topological polar surface area (TPSA) is 66.4 Å². The Morgan fingerprint density at radius 3 is 2.14 bits per heavy atom. The zero-order chi connectivity index (χ0) is 15.6. The fraction of sp³-hybridized carbons (Fsp3) is 0.467. The van der Waals surface area contributed by atoms with Crippen molar-refractivity contribution < 1.29 is 14.7 Å². The lowest BCUT2D eigenvalue weighted by Gasteiger charge is -2.32. The second-order valence-corrected chi connectivity index (χ2v) is 6.51. The summed E-state index contributed by atoms with van der Waals surface area (Å²) in [4.78, 5) is 23.4. The molecule has 1 aliphatic rings. The van der Waals surface area contributed by atoms with E-state index in [4.69, 9.17) is 28.3 Å². The van der Waals surface area contributed by atoms with E-state index in [1.54, 1.807) is 0 Å². The summed E-state index contributed by atoms with van der Waals surface area (Å²) >= 11 is 12.1. The van der Waals surface area contributed by atoms with Crippen molar-refractivity contribution in [1.29, 1.82) is 0 Å². The number of amides is 1. The van der Waals surface area contributed by atoms with Crippen molar-refractivity contribution in [3.63, 3.8) is 0 Å². The highest BCUT2D eigenvalue weighted by Crippen LogP contribution is 2.39. The number of carbonyl (C=O) groups is 2. The van der Waals surface area contributed by atoms with Crippen molar-refractivity contribution in [1.82, 2.24) is 0 Å². The zero-order valence-corrected chi connectivity index (χ0v) is 13.2. The van der Waals surface area contributed by atoms with Crippen LogP contribution in [0.25, 0.3) is 0 Å². The Morgan fingerprint density at radius 1 is 1.14 bits per heavy atom. The fourth-order valence-electron chi connectivity index (χ4n) is 2.64. The van der Waals surface area contributed by atoms with Crippen LogP contribution in [0.2, 0.25) is 10.0 Å². The van der Waals surface area contributed by atoms with Crippen LogP contribution in [0.3, 0.4) is 0 Å². The number of halogens is 2. The highest BCUT2D eigenvalue weighted by Gasteiger charge is 2.35. The van der Waals surface area contributed by atoms with E-state index in [1.165, 1.54) is 12.1 Å². The minimum Gasteiger partial charge on any atom is -0.478 e. The number of rotatable bonds is 3. The van der Waals surface area contributed by atoms with Crippen molar-refractivity contribution in [3.8, 4) is 0 Å². The molecule has 0 atom stereocenters. The van der Waals surface area contributed by atoms with E-state index in [-0.39, 0.29) is 27.2 Å². The lowest BCUT2D eigenvalue weighted by Crippen LogP contribution is -2.35. The van der Waals surface area contributed by atoms with Gasteiger partial charge in [-0.1, -0.05) is 49.4 Å². The minimum atomic E-state index is -1.11. The van der Waals surface area contributed by atoms with Crippen LogP contribution in [-0.2, 0) is 4.79 Å². The number of carboxylic acid groups (broad SMARTS) is 1. The molecule has 0 radical (unpaired) electrons. The monoisotopic (exact) mass is 329 g/mol. The van der Waals surface area contributed by atoms with Crippen LogP contribution in [-0.4, -0.2) is 17.0 Å². The second kappa shape index (κ2) is 6.24. The van der Waals surface area contributed by atoms with Crippen LogP contribution >= 0.6 is 23.2 Å². The van der Waals surface area contributed by atoms with Gasteiger partial charge < -0.3 is 10.4 Å². The third kappa shape index (κ3) is 3.50. The SMILES string of the molecule is CC1(C(=O)Nc2c(Cl)cc(C(=O)O)cc2Cl)CCCCC1. The van der Waals surface area contributed by atoms with Crippen molar-refractivity contribution >= 4 is 40.8 Å². The first kappa shape index (κ1) is 16.1. The molecule has 21 heavy (non-hydrogen) atoms. The summed E-state index contributed by atoms with van der Waals surface area (Å²) in [5, 5.41) is 12.0. The molecule has 1 saturated carbocycles. The zero-order valence-electron chi connectivity index (χ0n) is 11.7. The standard InChI is InChI=1S/C15H17Cl2NO3/c1-15(5-3-2-4-6-15)14(21)18-12-10(16)7-9(13(19)20)8-11(12)17/h7-8H,2-6H2,1H3,(H,18,21)(H,19,20). The Bertz CT molecular complexity index is 557. The van der Waals surface area contributed by atoms with E-state index in [2.05, 4.69) is 5.32 Å². The molecule has 0 bridgehead atoms. The van der Waals surface area contributed by atoms with Crippen LogP contribution in [0.15, 0.2) is 12.1 Å². The quantitative estimate of drug-likeness (QED) is 0.851. The molecule has 6 heteroatoms. The number of carboxylic acids is 1. The molecule has 1 amide bonds. The first-order valence-corrected chi connectivity index (χ1v) is 7.63. The van der Waals surface area contributed by atoms with Gasteiger partial charge in [0, 0.05) is 5.41 Å². The van der Waals surface area contributed by atoms with Gasteiger partial charge in [0.2, 0.25) is 5.91 Å². The van der Waals surface area contributed by atoms with Gasteiger partial charge in [0.15, 0.2) is 0 Å². The van der Waals surface area contributed by atoms with Crippen molar-refractivity contribution in [2.75, 3.05) is 5.32 Å². The number of carbonyl (C=O) groups excluding carboxylic acids is 1. The molecule has 2 rings (SSSR count). The van der Waals surface area contributed by atoms with Crippen molar-refractivity contribution in [2.24, 2.45) is 5.41 Å². The molecule has 1 aromatic carbocycles. The van der Waals surface area contributed by atoms with Gasteiger partial charge in [0.25, 0.3) is 0 Å². The molecular formula is C15H17Cl2NO3. The summed E-state index contributed by atoms with van der Waals surface area (Å²) in [5.41, 5.74) is -0.150. The van der Waals surface area contributed by atoms with Gasteiger partial charge in [-0.05, 0) is 25.0 Å². The third-order valence-corrected chi connectivity index (χ3v) is 4.63. The fourth-order valence-corrected chi connectivity index (χ4v) is 3.22. The molecule has 114 valence electrons. The summed E-state index contributed by atoms with van der Waals surface area (Å²) in [6.45, 7) is 1.94. The molecular weight excluding hydrogens is 313 g/mol. The van der Waals surface area contributed by atoms with Gasteiger partial charge in [-0.15, -0.1) is 0 Å². The van der Waals surface area contributed by atoms with E-state index in [9.17, 15) is 9.59 Å². The molecule has 0 unspecified atom stereocenters. The first-order valence-electron chi connectivity index (χ1n) is 6.87. The maximum absolute atomic E-state index is 12.5. The van der Waals surface area contributed by atoms with E-state index >= 15 is 0 Å². The lowest BCUT2D eigenvalue weighted by molar-refractivity contribution is -0.126. The normalized spacial score (nSPS) is 17.3. The number of hydrogen-bond acceptors (Lipinski definition) is 2. The molecule has 0 saturated heterocycles. The largest absolute Gasteiger partial charge is 0.478 e. The number of benzene rings is 1. The number of anilines is 1. The van der Waals surface area contributed by atoms with E-state index in [0.717, 1.165) is 32.1 Å². The molecule has 0 spiro atoms. The van der Waals surface area contributed by atoms with Gasteiger partial charge in [-0.3, -0.25) is 4.79 Å². The highest BCUT2D eigenvalue weighted by molar-refractivity contribution is 6.40. The van der Waals surface area contributed by atoms with Gasteiger partial charge in [-0.25, -0.2) is 4.79 Å². The summed E-state index contributed by atoms with van der Waals surface area (Å²) in [5.74, 6) is -1.23. The highest BCUT2D eigenvalue weighted by atomic mass is 35.5. The molecule has 1 aliphatic carbocycles. The van der Waals surface area contributed by atoms with Crippen LogP contribution in [0.1, 0.15) is 49.4 Å². The number of aromatic carboxylic acids is 1. The summed E-state index contributed by atoms with van der Waals surface area (Å²) in [6.07, 6.45) is 4.88. The maximum Gasteiger partial charge on any atom is 0.335 e. The Morgan fingerprint density at radius 2 is 1.67 bits per heavy atom. The first-order chi connectivity index (χ1) is 9.83. The summed E-state index contributed by atoms with van der Waals surface area (Å²) in [7, 11) is 0. The average molecular weight is 330 g/mol. The Kier molecular flexibility index (Phi) is 4.79. The van der Waals surface area contributed by atoms with Crippen molar-refractivity contribution in [2.45, 2.75) is 39.0 Å². The maximum atomic E-state index is 12.5. The predicted octanol–water partition coefficient (Wildman–Crippen LogP) is 4.60. The van der Waals surface area contributed by atoms with Crippen LogP contribution < -0.4 is 5.32 Å². The van der Waals surface area contributed by atoms with Crippen LogP contribution in [0.5, 0.6) is 0 Å². The van der Waals surface area contributed by atoms with E-state index < -0.39 is 11.4 Å². The molecule has 2 N–H and O–H groups in total. The summed E-state index contributed by atoms with van der Waals surface area (Å²) < 4.78 is 0.